The zero-order valence-electron chi connectivity index (χ0n) is 9.15. The molecule has 0 amide bonds. The van der Waals surface area contributed by atoms with Gasteiger partial charge in [-0.3, -0.25) is 9.36 Å². The van der Waals surface area contributed by atoms with Crippen LogP contribution < -0.4 is 5.56 Å². The Balaban J connectivity index is 2.81. The van der Waals surface area contributed by atoms with Crippen LogP contribution in [0.4, 0.5) is 8.78 Å². The van der Waals surface area contributed by atoms with Gasteiger partial charge >= 0.3 is 0 Å². The standard InChI is InChI=1S/C10H9F2N3OS/c1-15-8-5(4-13-10(14-8)17-2)3-6(7(11)12)9(15)16/h3-4,7H,1-2H3. The largest absolute Gasteiger partial charge is 0.295 e. The van der Waals surface area contributed by atoms with E-state index in [1.54, 1.807) is 6.26 Å². The highest BCUT2D eigenvalue weighted by molar-refractivity contribution is 7.98. The van der Waals surface area contributed by atoms with Crippen molar-refractivity contribution in [2.75, 3.05) is 6.26 Å². The van der Waals surface area contributed by atoms with Crippen LogP contribution in [0.5, 0.6) is 0 Å². The van der Waals surface area contributed by atoms with Crippen LogP contribution in [-0.4, -0.2) is 20.8 Å². The number of fused-ring (bicyclic) bond motifs is 1. The van der Waals surface area contributed by atoms with Gasteiger partial charge in [-0.1, -0.05) is 11.8 Å². The molecular formula is C10H9F2N3OS. The molecule has 0 fully saturated rings. The third kappa shape index (κ3) is 2.02. The monoisotopic (exact) mass is 257 g/mol. The first kappa shape index (κ1) is 12.0. The van der Waals surface area contributed by atoms with Gasteiger partial charge in [-0.05, 0) is 12.3 Å². The van der Waals surface area contributed by atoms with E-state index in [4.69, 9.17) is 0 Å². The molecule has 0 unspecified atom stereocenters. The number of pyridine rings is 1. The lowest BCUT2D eigenvalue weighted by molar-refractivity contribution is 0.149. The molecule has 4 nitrogen and oxygen atoms in total. The van der Waals surface area contributed by atoms with Crippen LogP contribution in [0.3, 0.4) is 0 Å². The van der Waals surface area contributed by atoms with E-state index in [0.29, 0.717) is 16.2 Å². The number of rotatable bonds is 2. The van der Waals surface area contributed by atoms with E-state index in [9.17, 15) is 13.6 Å². The number of alkyl halides is 2. The van der Waals surface area contributed by atoms with Crippen molar-refractivity contribution in [1.82, 2.24) is 14.5 Å². The number of hydrogen-bond acceptors (Lipinski definition) is 4. The maximum atomic E-state index is 12.6. The quantitative estimate of drug-likeness (QED) is 0.609. The molecule has 0 spiro atoms. The third-order valence-electron chi connectivity index (χ3n) is 2.37. The molecule has 2 heterocycles. The molecule has 0 aromatic carbocycles. The van der Waals surface area contributed by atoms with Gasteiger partial charge in [0.05, 0.1) is 5.56 Å². The average Bonchev–Trinajstić information content (AvgIpc) is 2.33. The molecule has 0 aliphatic carbocycles. The van der Waals surface area contributed by atoms with Gasteiger partial charge in [0.2, 0.25) is 0 Å². The Kier molecular flexibility index (Phi) is 3.10. The van der Waals surface area contributed by atoms with Crippen LogP contribution in [0.1, 0.15) is 12.0 Å². The third-order valence-corrected chi connectivity index (χ3v) is 2.93. The molecule has 0 N–H and O–H groups in total. The number of aromatic nitrogens is 3. The van der Waals surface area contributed by atoms with Crippen LogP contribution in [0.2, 0.25) is 0 Å². The number of nitrogens with zero attached hydrogens (tertiary/aromatic N) is 3. The minimum Gasteiger partial charge on any atom is -0.295 e. The highest BCUT2D eigenvalue weighted by Crippen LogP contribution is 2.20. The molecule has 0 saturated heterocycles. The first-order chi connectivity index (χ1) is 8.04. The van der Waals surface area contributed by atoms with Gasteiger partial charge in [0.1, 0.15) is 5.65 Å². The number of aryl methyl sites for hydroxylation is 1. The number of thioether (sulfide) groups is 1. The molecule has 0 bridgehead atoms. The predicted octanol–water partition coefficient (Wildman–Crippen LogP) is 1.99. The van der Waals surface area contributed by atoms with Crippen LogP contribution in [0, 0.1) is 0 Å². The average molecular weight is 257 g/mol. The lowest BCUT2D eigenvalue weighted by atomic mass is 10.2. The Morgan fingerprint density at radius 3 is 2.76 bits per heavy atom. The van der Waals surface area contributed by atoms with Gasteiger partial charge in [0.25, 0.3) is 12.0 Å². The molecule has 0 saturated carbocycles. The summed E-state index contributed by atoms with van der Waals surface area (Å²) >= 11 is 1.32. The molecule has 2 rings (SSSR count). The van der Waals surface area contributed by atoms with Crippen molar-refractivity contribution < 1.29 is 8.78 Å². The molecule has 0 radical (unpaired) electrons. The van der Waals surface area contributed by atoms with Crippen LogP contribution in [-0.2, 0) is 7.05 Å². The van der Waals surface area contributed by atoms with E-state index in [1.165, 1.54) is 25.0 Å². The van der Waals surface area contributed by atoms with Crippen LogP contribution >= 0.6 is 11.8 Å². The van der Waals surface area contributed by atoms with Gasteiger partial charge in [-0.25, -0.2) is 18.7 Å². The van der Waals surface area contributed by atoms with Crippen molar-refractivity contribution in [2.45, 2.75) is 11.6 Å². The minimum absolute atomic E-state index is 0.360. The van der Waals surface area contributed by atoms with Crippen molar-refractivity contribution >= 4 is 22.8 Å². The first-order valence-electron chi connectivity index (χ1n) is 4.73. The summed E-state index contributed by atoms with van der Waals surface area (Å²) < 4.78 is 26.4. The van der Waals surface area contributed by atoms with E-state index >= 15 is 0 Å². The molecule has 90 valence electrons. The summed E-state index contributed by atoms with van der Waals surface area (Å²) in [6.07, 6.45) is 0.449. The number of hydrogen-bond donors (Lipinski definition) is 0. The van der Waals surface area contributed by atoms with E-state index in [2.05, 4.69) is 9.97 Å². The van der Waals surface area contributed by atoms with Gasteiger partial charge in [0.15, 0.2) is 5.16 Å². The minimum atomic E-state index is -2.79. The normalized spacial score (nSPS) is 11.4. The predicted molar refractivity (Wildman–Crippen MR) is 61.5 cm³/mol. The molecule has 7 heteroatoms. The summed E-state index contributed by atoms with van der Waals surface area (Å²) in [5.41, 5.74) is -0.891. The fraction of sp³-hybridized carbons (Fsp3) is 0.300. The van der Waals surface area contributed by atoms with E-state index in [-0.39, 0.29) is 0 Å². The molecule has 17 heavy (non-hydrogen) atoms. The Morgan fingerprint density at radius 2 is 2.18 bits per heavy atom. The van der Waals surface area contributed by atoms with E-state index in [0.717, 1.165) is 10.6 Å². The number of halogens is 2. The first-order valence-corrected chi connectivity index (χ1v) is 5.96. The van der Waals surface area contributed by atoms with Crippen molar-refractivity contribution in [3.63, 3.8) is 0 Å². The Hall–Kier alpha value is -1.50. The zero-order chi connectivity index (χ0) is 12.6. The zero-order valence-corrected chi connectivity index (χ0v) is 9.96. The summed E-state index contributed by atoms with van der Waals surface area (Å²) in [7, 11) is 1.42. The van der Waals surface area contributed by atoms with Gasteiger partial charge in [0, 0.05) is 18.6 Å². The van der Waals surface area contributed by atoms with Crippen molar-refractivity contribution in [3.05, 3.63) is 28.2 Å². The summed E-state index contributed by atoms with van der Waals surface area (Å²) in [5, 5.41) is 0.928. The fourth-order valence-corrected chi connectivity index (χ4v) is 1.85. The summed E-state index contributed by atoms with van der Waals surface area (Å²) in [4.78, 5) is 19.8. The summed E-state index contributed by atoms with van der Waals surface area (Å²) in [5.74, 6) is 0. The smallest absolute Gasteiger partial charge is 0.269 e. The lowest BCUT2D eigenvalue weighted by Crippen LogP contribution is -2.22. The van der Waals surface area contributed by atoms with Crippen molar-refractivity contribution in [3.8, 4) is 0 Å². The molecule has 2 aromatic heterocycles. The Labute approximate surface area is 99.7 Å². The van der Waals surface area contributed by atoms with E-state index in [1.807, 2.05) is 0 Å². The highest BCUT2D eigenvalue weighted by atomic mass is 32.2. The molecule has 0 atom stereocenters. The van der Waals surface area contributed by atoms with E-state index < -0.39 is 17.5 Å². The fourth-order valence-electron chi connectivity index (χ4n) is 1.51. The second-order valence-electron chi connectivity index (χ2n) is 3.40. The van der Waals surface area contributed by atoms with Gasteiger partial charge < -0.3 is 0 Å². The summed E-state index contributed by atoms with van der Waals surface area (Å²) in [6, 6.07) is 1.15. The van der Waals surface area contributed by atoms with Crippen LogP contribution in [0.25, 0.3) is 11.0 Å². The topological polar surface area (TPSA) is 47.8 Å². The van der Waals surface area contributed by atoms with Crippen molar-refractivity contribution in [2.24, 2.45) is 7.05 Å². The molecule has 0 aliphatic rings. The molecule has 0 aliphatic heterocycles. The Morgan fingerprint density at radius 1 is 1.47 bits per heavy atom. The second kappa shape index (κ2) is 4.40. The second-order valence-corrected chi connectivity index (χ2v) is 4.17. The Bertz CT molecular complexity index is 627. The maximum Gasteiger partial charge on any atom is 0.269 e. The SMILES string of the molecule is CSc1ncc2cc(C(F)F)c(=O)n(C)c2n1. The van der Waals surface area contributed by atoms with Crippen molar-refractivity contribution in [1.29, 1.82) is 0 Å². The molecule has 2 aromatic rings. The van der Waals surface area contributed by atoms with Gasteiger partial charge in [-0.2, -0.15) is 0 Å². The maximum absolute atomic E-state index is 12.6. The van der Waals surface area contributed by atoms with Gasteiger partial charge in [-0.15, -0.1) is 0 Å². The van der Waals surface area contributed by atoms with Crippen LogP contribution in [0.15, 0.2) is 22.2 Å². The highest BCUT2D eigenvalue weighted by Gasteiger charge is 2.16. The summed E-state index contributed by atoms with van der Waals surface area (Å²) in [6.45, 7) is 0. The molecular weight excluding hydrogens is 248 g/mol. The lowest BCUT2D eigenvalue weighted by Gasteiger charge is -2.07.